The zero-order valence-electron chi connectivity index (χ0n) is 16.0. The van der Waals surface area contributed by atoms with Crippen LogP contribution in [0.15, 0.2) is 35.5 Å². The molecule has 0 bridgehead atoms. The number of nitrogens with zero attached hydrogens (tertiary/aromatic N) is 4. The third-order valence-corrected chi connectivity index (χ3v) is 5.29. The first kappa shape index (κ1) is 16.9. The maximum Gasteiger partial charge on any atom is 0.248 e. The summed E-state index contributed by atoms with van der Waals surface area (Å²) in [6, 6.07) is 8.20. The van der Waals surface area contributed by atoms with Crippen molar-refractivity contribution in [3.63, 3.8) is 0 Å². The summed E-state index contributed by atoms with van der Waals surface area (Å²) >= 11 is 0. The molecule has 4 rings (SSSR count). The number of allylic oxidation sites excluding steroid dienone is 2. The zero-order valence-corrected chi connectivity index (χ0v) is 16.0. The van der Waals surface area contributed by atoms with Crippen molar-refractivity contribution >= 4 is 11.7 Å². The molecule has 2 aliphatic rings. The summed E-state index contributed by atoms with van der Waals surface area (Å²) in [6.07, 6.45) is 1.36. The molecule has 1 aromatic heterocycles. The van der Waals surface area contributed by atoms with Gasteiger partial charge in [-0.15, -0.1) is 0 Å². The fraction of sp³-hybridized carbons (Fsp3) is 0.500. The smallest absolute Gasteiger partial charge is 0.248 e. The van der Waals surface area contributed by atoms with E-state index in [1.165, 1.54) is 5.56 Å². The number of fused-ring (bicyclic) bond motifs is 1. The number of anilines is 1. The van der Waals surface area contributed by atoms with E-state index in [4.69, 9.17) is 0 Å². The molecule has 6 nitrogen and oxygen atoms in total. The molecular weight excluding hydrogens is 326 g/mol. The van der Waals surface area contributed by atoms with Gasteiger partial charge in [-0.3, -0.25) is 4.79 Å². The van der Waals surface area contributed by atoms with Crippen LogP contribution in [0.2, 0.25) is 0 Å². The second kappa shape index (κ2) is 5.50. The Hall–Kier alpha value is -2.50. The van der Waals surface area contributed by atoms with Crippen LogP contribution in [-0.2, 0) is 10.2 Å². The predicted octanol–water partition coefficient (Wildman–Crippen LogP) is 3.63. The molecule has 0 radical (unpaired) electrons. The highest BCUT2D eigenvalue weighted by molar-refractivity contribution is 6.00. The zero-order chi connectivity index (χ0) is 18.7. The summed E-state index contributed by atoms with van der Waals surface area (Å²) < 4.78 is 1.72. The first-order chi connectivity index (χ1) is 12.2. The van der Waals surface area contributed by atoms with Gasteiger partial charge in [-0.25, -0.2) is 0 Å². The van der Waals surface area contributed by atoms with Gasteiger partial charge in [0.2, 0.25) is 5.95 Å². The SMILES string of the molecule is CC1(C)CC(=O)C2=C(C1)Nc1nnnn1C2c1ccc(C(C)(C)C)cc1. The van der Waals surface area contributed by atoms with Gasteiger partial charge in [0.15, 0.2) is 5.78 Å². The van der Waals surface area contributed by atoms with Gasteiger partial charge < -0.3 is 5.32 Å². The summed E-state index contributed by atoms with van der Waals surface area (Å²) in [6.45, 7) is 10.8. The number of rotatable bonds is 1. The number of carbonyl (C=O) groups is 1. The Bertz CT molecular complexity index is 899. The van der Waals surface area contributed by atoms with Gasteiger partial charge in [-0.2, -0.15) is 4.68 Å². The minimum absolute atomic E-state index is 0.0564. The highest BCUT2D eigenvalue weighted by Crippen LogP contribution is 2.45. The highest BCUT2D eigenvalue weighted by atomic mass is 16.1. The molecule has 26 heavy (non-hydrogen) atoms. The quantitative estimate of drug-likeness (QED) is 0.849. The average molecular weight is 351 g/mol. The van der Waals surface area contributed by atoms with E-state index in [-0.39, 0.29) is 22.7 Å². The molecule has 1 aromatic carbocycles. The Balaban J connectivity index is 1.83. The Morgan fingerprint density at radius 2 is 1.85 bits per heavy atom. The summed E-state index contributed by atoms with van der Waals surface area (Å²) in [5.74, 6) is 0.772. The summed E-state index contributed by atoms with van der Waals surface area (Å²) in [5, 5.41) is 15.4. The minimum atomic E-state index is -0.270. The van der Waals surface area contributed by atoms with Crippen molar-refractivity contribution in [3.8, 4) is 0 Å². The normalized spacial score (nSPS) is 21.9. The van der Waals surface area contributed by atoms with Crippen LogP contribution in [0.25, 0.3) is 0 Å². The van der Waals surface area contributed by atoms with Gasteiger partial charge in [-0.05, 0) is 38.8 Å². The van der Waals surface area contributed by atoms with Gasteiger partial charge >= 0.3 is 0 Å². The van der Waals surface area contributed by atoms with Crippen LogP contribution in [0.3, 0.4) is 0 Å². The maximum atomic E-state index is 13.0. The Labute approximate surface area is 153 Å². The summed E-state index contributed by atoms with van der Waals surface area (Å²) in [7, 11) is 0. The lowest BCUT2D eigenvalue weighted by molar-refractivity contribution is -0.118. The molecule has 1 atom stereocenters. The molecule has 0 saturated carbocycles. The van der Waals surface area contributed by atoms with E-state index < -0.39 is 0 Å². The molecule has 1 unspecified atom stereocenters. The van der Waals surface area contributed by atoms with Crippen LogP contribution in [0.5, 0.6) is 0 Å². The van der Waals surface area contributed by atoms with E-state index in [0.717, 1.165) is 23.3 Å². The predicted molar refractivity (Wildman–Crippen MR) is 99.8 cm³/mol. The van der Waals surface area contributed by atoms with E-state index in [9.17, 15) is 4.79 Å². The fourth-order valence-electron chi connectivity index (χ4n) is 3.94. The first-order valence-corrected chi connectivity index (χ1v) is 9.07. The van der Waals surface area contributed by atoms with Crippen LogP contribution in [-0.4, -0.2) is 26.0 Å². The van der Waals surface area contributed by atoms with Crippen LogP contribution < -0.4 is 5.32 Å². The molecule has 6 heteroatoms. The van der Waals surface area contributed by atoms with E-state index in [0.29, 0.717) is 12.4 Å². The van der Waals surface area contributed by atoms with Crippen molar-refractivity contribution in [2.75, 3.05) is 5.32 Å². The molecule has 2 heterocycles. The number of hydrogen-bond acceptors (Lipinski definition) is 5. The number of Topliss-reactive ketones (excluding diaryl/α,β-unsaturated/α-hetero) is 1. The standard InChI is InChI=1S/C20H25N5O/c1-19(2,3)13-8-6-12(7-9-13)17-16-14(10-20(4,5)11-15(16)26)21-18-22-23-24-25(17)18/h6-9,17H,10-11H2,1-5H3,(H,21,22,24). The number of hydrogen-bond donors (Lipinski definition) is 1. The van der Waals surface area contributed by atoms with Gasteiger partial charge in [0.05, 0.1) is 0 Å². The Morgan fingerprint density at radius 1 is 1.15 bits per heavy atom. The summed E-state index contributed by atoms with van der Waals surface area (Å²) in [5.41, 5.74) is 4.08. The molecule has 0 amide bonds. The average Bonchev–Trinajstić information content (AvgIpc) is 2.99. The van der Waals surface area contributed by atoms with Crippen LogP contribution >= 0.6 is 0 Å². The fourth-order valence-corrected chi connectivity index (χ4v) is 3.94. The lowest BCUT2D eigenvalue weighted by atomic mass is 9.73. The minimum Gasteiger partial charge on any atom is -0.326 e. The van der Waals surface area contributed by atoms with E-state index in [2.05, 4.69) is 79.7 Å². The highest BCUT2D eigenvalue weighted by Gasteiger charge is 2.41. The van der Waals surface area contributed by atoms with Crippen molar-refractivity contribution in [1.29, 1.82) is 0 Å². The van der Waals surface area contributed by atoms with Crippen molar-refractivity contribution in [3.05, 3.63) is 46.7 Å². The van der Waals surface area contributed by atoms with E-state index in [1.807, 2.05) is 0 Å². The van der Waals surface area contributed by atoms with Crippen LogP contribution in [0.4, 0.5) is 5.95 Å². The maximum absolute atomic E-state index is 13.0. The molecule has 2 aromatic rings. The molecule has 0 saturated heterocycles. The van der Waals surface area contributed by atoms with Gasteiger partial charge in [-0.1, -0.05) is 64.0 Å². The second-order valence-electron chi connectivity index (χ2n) is 9.18. The monoisotopic (exact) mass is 351 g/mol. The molecule has 0 spiro atoms. The van der Waals surface area contributed by atoms with Crippen LogP contribution in [0, 0.1) is 5.41 Å². The largest absolute Gasteiger partial charge is 0.326 e. The molecule has 1 aliphatic carbocycles. The number of benzene rings is 1. The number of nitrogens with one attached hydrogen (secondary N) is 1. The van der Waals surface area contributed by atoms with Gasteiger partial charge in [0.1, 0.15) is 6.04 Å². The molecule has 1 aliphatic heterocycles. The van der Waals surface area contributed by atoms with Crippen molar-refractivity contribution in [1.82, 2.24) is 20.2 Å². The van der Waals surface area contributed by atoms with Crippen LogP contribution in [0.1, 0.15) is 64.6 Å². The molecule has 0 fully saturated rings. The Kier molecular flexibility index (Phi) is 3.58. The molecule has 136 valence electrons. The van der Waals surface area contributed by atoms with Crippen molar-refractivity contribution in [2.24, 2.45) is 5.41 Å². The third-order valence-electron chi connectivity index (χ3n) is 5.29. The molecular formula is C20H25N5O. The first-order valence-electron chi connectivity index (χ1n) is 9.07. The number of tetrazole rings is 1. The van der Waals surface area contributed by atoms with Gasteiger partial charge in [0, 0.05) is 17.7 Å². The van der Waals surface area contributed by atoms with E-state index >= 15 is 0 Å². The number of ketones is 1. The lowest BCUT2D eigenvalue weighted by Gasteiger charge is -2.37. The van der Waals surface area contributed by atoms with Gasteiger partial charge in [0.25, 0.3) is 0 Å². The second-order valence-corrected chi connectivity index (χ2v) is 9.18. The topological polar surface area (TPSA) is 72.7 Å². The molecule has 1 N–H and O–H groups in total. The number of aromatic nitrogens is 4. The lowest BCUT2D eigenvalue weighted by Crippen LogP contribution is -2.36. The van der Waals surface area contributed by atoms with Crippen molar-refractivity contribution < 1.29 is 4.79 Å². The Morgan fingerprint density at radius 3 is 2.50 bits per heavy atom. The van der Waals surface area contributed by atoms with Crippen molar-refractivity contribution in [2.45, 2.75) is 58.9 Å². The summed E-state index contributed by atoms with van der Waals surface area (Å²) in [4.78, 5) is 13.0. The van der Waals surface area contributed by atoms with E-state index in [1.54, 1.807) is 4.68 Å². The third kappa shape index (κ3) is 2.73. The number of carbonyl (C=O) groups excluding carboxylic acids is 1.